The Kier molecular flexibility index (Phi) is 7.42. The Morgan fingerprint density at radius 1 is 1.24 bits per heavy atom. The molecule has 0 atom stereocenters. The van der Waals surface area contributed by atoms with Crippen molar-refractivity contribution in [2.24, 2.45) is 0 Å². The molecule has 176 valence electrons. The molecule has 3 aromatic rings. The van der Waals surface area contributed by atoms with Crippen molar-refractivity contribution in [1.82, 2.24) is 15.3 Å². The Hall–Kier alpha value is -2.74. The number of aromatic hydroxyl groups is 1. The van der Waals surface area contributed by atoms with Crippen molar-refractivity contribution in [3.8, 4) is 5.75 Å². The van der Waals surface area contributed by atoms with Gasteiger partial charge in [-0.05, 0) is 56.2 Å². The van der Waals surface area contributed by atoms with E-state index < -0.39 is 10.8 Å². The molecule has 0 bridgehead atoms. The van der Waals surface area contributed by atoms with E-state index in [-0.39, 0.29) is 23.8 Å². The normalized spacial score (nSPS) is 15.5. The van der Waals surface area contributed by atoms with E-state index in [4.69, 9.17) is 4.42 Å². The predicted octanol–water partition coefficient (Wildman–Crippen LogP) is 4.21. The molecule has 0 aliphatic carbocycles. The van der Waals surface area contributed by atoms with Gasteiger partial charge in [0, 0.05) is 30.9 Å². The Morgan fingerprint density at radius 2 is 2.03 bits per heavy atom. The molecule has 4 rings (SSSR count). The van der Waals surface area contributed by atoms with Gasteiger partial charge in [0.15, 0.2) is 5.76 Å². The molecular formula is C25H31N3O4S. The molecule has 1 aliphatic heterocycles. The number of rotatable bonds is 9. The molecule has 1 saturated heterocycles. The summed E-state index contributed by atoms with van der Waals surface area (Å²) in [7, 11) is 0. The first kappa shape index (κ1) is 23.4. The smallest absolute Gasteiger partial charge is 0.227 e. The zero-order valence-corrected chi connectivity index (χ0v) is 19.8. The van der Waals surface area contributed by atoms with Crippen molar-refractivity contribution < 1.29 is 14.3 Å². The van der Waals surface area contributed by atoms with Crippen LogP contribution < -0.4 is 10.7 Å². The number of nitrogens with one attached hydrogen (secondary N) is 2. The van der Waals surface area contributed by atoms with Crippen LogP contribution in [-0.4, -0.2) is 39.0 Å². The summed E-state index contributed by atoms with van der Waals surface area (Å²) in [6.07, 6.45) is 5.37. The van der Waals surface area contributed by atoms with E-state index in [1.165, 1.54) is 6.07 Å². The Bertz CT molecular complexity index is 1130. The SMILES string of the molecule is Cc1cc(=O)c(O)c(C2(CC(=O)NCCCCCc3nc4ccccc4[nH]3)CCSCC2)o1. The molecule has 2 aromatic heterocycles. The molecule has 3 heterocycles. The number of fused-ring (bicyclic) bond motifs is 1. The van der Waals surface area contributed by atoms with Crippen molar-refractivity contribution in [3.05, 3.63) is 57.9 Å². The Morgan fingerprint density at radius 3 is 2.82 bits per heavy atom. The number of nitrogens with zero attached hydrogens (tertiary/aromatic N) is 1. The fraction of sp³-hybridized carbons (Fsp3) is 0.480. The first-order valence-corrected chi connectivity index (χ1v) is 12.7. The average molecular weight is 470 g/mol. The zero-order valence-electron chi connectivity index (χ0n) is 19.0. The van der Waals surface area contributed by atoms with Gasteiger partial charge in [0.1, 0.15) is 11.6 Å². The summed E-state index contributed by atoms with van der Waals surface area (Å²) in [5, 5.41) is 13.4. The fourth-order valence-corrected chi connectivity index (χ4v) is 5.80. The van der Waals surface area contributed by atoms with Gasteiger partial charge in [-0.25, -0.2) is 4.98 Å². The van der Waals surface area contributed by atoms with Gasteiger partial charge in [-0.1, -0.05) is 18.6 Å². The highest BCUT2D eigenvalue weighted by Gasteiger charge is 2.41. The van der Waals surface area contributed by atoms with Crippen LogP contribution in [0.3, 0.4) is 0 Å². The number of benzene rings is 1. The zero-order chi connectivity index (χ0) is 23.3. The summed E-state index contributed by atoms with van der Waals surface area (Å²) in [6, 6.07) is 9.30. The van der Waals surface area contributed by atoms with Crippen LogP contribution in [0.15, 0.2) is 39.5 Å². The summed E-state index contributed by atoms with van der Waals surface area (Å²) >= 11 is 1.82. The van der Waals surface area contributed by atoms with Gasteiger partial charge in [-0.3, -0.25) is 9.59 Å². The third kappa shape index (κ3) is 5.61. The monoisotopic (exact) mass is 469 g/mol. The predicted molar refractivity (Wildman–Crippen MR) is 131 cm³/mol. The van der Waals surface area contributed by atoms with Crippen molar-refractivity contribution >= 4 is 28.7 Å². The second-order valence-corrected chi connectivity index (χ2v) is 10.1. The van der Waals surface area contributed by atoms with E-state index in [0.29, 0.717) is 25.1 Å². The number of amides is 1. The molecule has 33 heavy (non-hydrogen) atoms. The van der Waals surface area contributed by atoms with Crippen LogP contribution in [0.1, 0.15) is 55.9 Å². The lowest BCUT2D eigenvalue weighted by molar-refractivity contribution is -0.122. The van der Waals surface area contributed by atoms with Gasteiger partial charge in [0.05, 0.1) is 11.0 Å². The first-order chi connectivity index (χ1) is 16.0. The van der Waals surface area contributed by atoms with Crippen molar-refractivity contribution in [2.75, 3.05) is 18.1 Å². The number of para-hydroxylation sites is 2. The maximum atomic E-state index is 12.8. The second-order valence-electron chi connectivity index (χ2n) is 8.83. The van der Waals surface area contributed by atoms with Crippen LogP contribution in [0.2, 0.25) is 0 Å². The third-order valence-corrected chi connectivity index (χ3v) is 7.31. The van der Waals surface area contributed by atoms with Crippen LogP contribution in [0, 0.1) is 6.92 Å². The average Bonchev–Trinajstić information content (AvgIpc) is 3.22. The highest BCUT2D eigenvalue weighted by molar-refractivity contribution is 7.99. The first-order valence-electron chi connectivity index (χ1n) is 11.6. The van der Waals surface area contributed by atoms with Crippen LogP contribution in [0.5, 0.6) is 5.75 Å². The van der Waals surface area contributed by atoms with Crippen molar-refractivity contribution in [2.45, 2.75) is 57.3 Å². The lowest BCUT2D eigenvalue weighted by Gasteiger charge is -2.35. The summed E-state index contributed by atoms with van der Waals surface area (Å²) in [5.74, 6) is 3.03. The van der Waals surface area contributed by atoms with Crippen LogP contribution in [-0.2, 0) is 16.6 Å². The molecule has 7 nitrogen and oxygen atoms in total. The number of thioether (sulfide) groups is 1. The number of unbranched alkanes of at least 4 members (excludes halogenated alkanes) is 2. The van der Waals surface area contributed by atoms with Gasteiger partial charge >= 0.3 is 0 Å². The van der Waals surface area contributed by atoms with E-state index in [1.807, 2.05) is 36.0 Å². The minimum atomic E-state index is -0.633. The topological polar surface area (TPSA) is 108 Å². The molecule has 0 unspecified atom stereocenters. The summed E-state index contributed by atoms with van der Waals surface area (Å²) in [4.78, 5) is 32.9. The number of H-pyrrole nitrogens is 1. The number of hydrogen-bond donors (Lipinski definition) is 3. The summed E-state index contributed by atoms with van der Waals surface area (Å²) in [5.41, 5.74) is 0.970. The number of imidazole rings is 1. The van der Waals surface area contributed by atoms with E-state index >= 15 is 0 Å². The number of carbonyl (C=O) groups excluding carboxylic acids is 1. The summed E-state index contributed by atoms with van der Waals surface area (Å²) < 4.78 is 5.81. The Labute approximate surface area is 197 Å². The van der Waals surface area contributed by atoms with E-state index in [1.54, 1.807) is 6.92 Å². The van der Waals surface area contributed by atoms with Gasteiger partial charge in [-0.2, -0.15) is 11.8 Å². The minimum absolute atomic E-state index is 0.0669. The van der Waals surface area contributed by atoms with Crippen molar-refractivity contribution in [3.63, 3.8) is 0 Å². The maximum Gasteiger partial charge on any atom is 0.227 e. The third-order valence-electron chi connectivity index (χ3n) is 6.33. The number of aromatic amines is 1. The van der Waals surface area contributed by atoms with Crippen molar-refractivity contribution in [1.29, 1.82) is 0 Å². The quantitative estimate of drug-likeness (QED) is 0.405. The number of aromatic nitrogens is 2. The Balaban J connectivity index is 1.27. The number of hydrogen-bond acceptors (Lipinski definition) is 6. The molecule has 1 aliphatic rings. The maximum absolute atomic E-state index is 12.8. The standard InChI is InChI=1S/C25H31N3O4S/c1-17-15-20(29)23(31)24(32-17)25(10-13-33-14-11-25)16-22(30)26-12-6-2-3-9-21-27-18-7-4-5-8-19(18)28-21/h4-5,7-8,15,31H,2-3,6,9-14,16H2,1H3,(H,26,30)(H,27,28). The lowest BCUT2D eigenvalue weighted by Crippen LogP contribution is -2.38. The van der Waals surface area contributed by atoms with Crippen LogP contribution in [0.25, 0.3) is 11.0 Å². The van der Waals surface area contributed by atoms with Crippen LogP contribution in [0.4, 0.5) is 0 Å². The molecule has 1 aromatic carbocycles. The highest BCUT2D eigenvalue weighted by atomic mass is 32.2. The van der Waals surface area contributed by atoms with E-state index in [2.05, 4.69) is 15.3 Å². The van der Waals surface area contributed by atoms with Gasteiger partial charge in [-0.15, -0.1) is 0 Å². The highest BCUT2D eigenvalue weighted by Crippen LogP contribution is 2.43. The summed E-state index contributed by atoms with van der Waals surface area (Å²) in [6.45, 7) is 2.30. The molecule has 0 radical (unpaired) electrons. The van der Waals surface area contributed by atoms with Gasteiger partial charge < -0.3 is 19.8 Å². The molecule has 1 amide bonds. The molecule has 8 heteroatoms. The second kappa shape index (κ2) is 10.5. The number of aryl methyl sites for hydroxylation is 2. The molecular weight excluding hydrogens is 438 g/mol. The number of carbonyl (C=O) groups is 1. The van der Waals surface area contributed by atoms with Gasteiger partial charge in [0.2, 0.25) is 17.1 Å². The molecule has 1 fully saturated rings. The molecule has 0 saturated carbocycles. The largest absolute Gasteiger partial charge is 0.502 e. The lowest BCUT2D eigenvalue weighted by atomic mass is 9.75. The molecule has 0 spiro atoms. The fourth-order valence-electron chi connectivity index (χ4n) is 4.53. The van der Waals surface area contributed by atoms with E-state index in [0.717, 1.165) is 54.0 Å². The van der Waals surface area contributed by atoms with Gasteiger partial charge in [0.25, 0.3) is 0 Å². The van der Waals surface area contributed by atoms with E-state index in [9.17, 15) is 14.7 Å². The molecule has 3 N–H and O–H groups in total. The minimum Gasteiger partial charge on any atom is -0.502 e. The van der Waals surface area contributed by atoms with Crippen LogP contribution >= 0.6 is 11.8 Å².